The maximum absolute atomic E-state index is 11.8. The molecule has 22 heavy (non-hydrogen) atoms. The summed E-state index contributed by atoms with van der Waals surface area (Å²) in [5.41, 5.74) is 7.22. The van der Waals surface area contributed by atoms with Gasteiger partial charge in [0.05, 0.1) is 12.2 Å². The molecule has 2 rings (SSSR count). The van der Waals surface area contributed by atoms with Gasteiger partial charge in [0.2, 0.25) is 0 Å². The third-order valence-electron chi connectivity index (χ3n) is 4.23. The van der Waals surface area contributed by atoms with Crippen LogP contribution in [0.5, 0.6) is 0 Å². The van der Waals surface area contributed by atoms with Crippen LogP contribution in [0.15, 0.2) is 0 Å². The van der Waals surface area contributed by atoms with Crippen molar-refractivity contribution in [3.63, 3.8) is 0 Å². The van der Waals surface area contributed by atoms with Crippen LogP contribution in [0.3, 0.4) is 0 Å². The molecule has 6 heteroatoms. The second-order valence-corrected chi connectivity index (χ2v) is 7.83. The monoisotopic (exact) mass is 324 g/mol. The SMILES string of the molecule is CCOC(=O)Nc1sc2c(c1C(N)=O)CCC(C(C)(C)C)C2. The van der Waals surface area contributed by atoms with Gasteiger partial charge in [0.25, 0.3) is 5.91 Å². The smallest absolute Gasteiger partial charge is 0.412 e. The Morgan fingerprint density at radius 1 is 1.41 bits per heavy atom. The van der Waals surface area contributed by atoms with E-state index < -0.39 is 12.0 Å². The highest BCUT2D eigenvalue weighted by atomic mass is 32.1. The molecule has 0 saturated heterocycles. The molecule has 1 aliphatic rings. The molecule has 0 aliphatic heterocycles. The fourth-order valence-electron chi connectivity index (χ4n) is 2.93. The van der Waals surface area contributed by atoms with Gasteiger partial charge >= 0.3 is 6.09 Å². The number of fused-ring (bicyclic) bond motifs is 1. The highest BCUT2D eigenvalue weighted by Gasteiger charge is 2.33. The van der Waals surface area contributed by atoms with Crippen molar-refractivity contribution in [2.24, 2.45) is 17.1 Å². The highest BCUT2D eigenvalue weighted by Crippen LogP contribution is 2.44. The minimum absolute atomic E-state index is 0.225. The van der Waals surface area contributed by atoms with Crippen LogP contribution in [0.2, 0.25) is 0 Å². The highest BCUT2D eigenvalue weighted by molar-refractivity contribution is 7.17. The molecule has 122 valence electrons. The molecule has 0 saturated carbocycles. The van der Waals surface area contributed by atoms with Crippen molar-refractivity contribution < 1.29 is 14.3 Å². The van der Waals surface area contributed by atoms with Crippen LogP contribution in [-0.2, 0) is 17.6 Å². The number of rotatable bonds is 3. The van der Waals surface area contributed by atoms with Gasteiger partial charge in [-0.1, -0.05) is 20.8 Å². The predicted octanol–water partition coefficient (Wildman–Crippen LogP) is 3.57. The Labute approximate surface area is 135 Å². The number of nitrogens with two attached hydrogens (primary N) is 1. The lowest BCUT2D eigenvalue weighted by atomic mass is 9.72. The first-order chi connectivity index (χ1) is 10.2. The molecule has 2 amide bonds. The van der Waals surface area contributed by atoms with E-state index >= 15 is 0 Å². The van der Waals surface area contributed by atoms with Gasteiger partial charge in [-0.05, 0) is 43.1 Å². The van der Waals surface area contributed by atoms with Crippen LogP contribution >= 0.6 is 11.3 Å². The number of ether oxygens (including phenoxy) is 1. The van der Waals surface area contributed by atoms with Crippen molar-refractivity contribution in [2.75, 3.05) is 11.9 Å². The van der Waals surface area contributed by atoms with E-state index in [1.807, 2.05) is 0 Å². The van der Waals surface area contributed by atoms with E-state index in [4.69, 9.17) is 10.5 Å². The number of primary amides is 1. The third-order valence-corrected chi connectivity index (χ3v) is 5.40. The summed E-state index contributed by atoms with van der Waals surface area (Å²) in [4.78, 5) is 24.6. The Bertz CT molecular complexity index is 587. The summed E-state index contributed by atoms with van der Waals surface area (Å²) < 4.78 is 4.89. The van der Waals surface area contributed by atoms with E-state index in [2.05, 4.69) is 26.1 Å². The molecule has 1 aromatic rings. The summed E-state index contributed by atoms with van der Waals surface area (Å²) in [6.45, 7) is 8.74. The molecule has 1 aliphatic carbocycles. The van der Waals surface area contributed by atoms with Crippen LogP contribution in [0.4, 0.5) is 9.80 Å². The van der Waals surface area contributed by atoms with E-state index in [0.29, 0.717) is 16.5 Å². The first-order valence-corrected chi connectivity index (χ1v) is 8.43. The number of thiophene rings is 1. The zero-order chi connectivity index (χ0) is 16.5. The van der Waals surface area contributed by atoms with Gasteiger partial charge in [-0.25, -0.2) is 4.79 Å². The van der Waals surface area contributed by atoms with Crippen molar-refractivity contribution in [3.8, 4) is 0 Å². The van der Waals surface area contributed by atoms with Gasteiger partial charge in [0.1, 0.15) is 5.00 Å². The largest absolute Gasteiger partial charge is 0.450 e. The molecule has 0 radical (unpaired) electrons. The van der Waals surface area contributed by atoms with Crippen molar-refractivity contribution >= 4 is 28.3 Å². The number of nitrogens with one attached hydrogen (secondary N) is 1. The first-order valence-electron chi connectivity index (χ1n) is 7.62. The summed E-state index contributed by atoms with van der Waals surface area (Å²) in [6, 6.07) is 0. The zero-order valence-corrected chi connectivity index (χ0v) is 14.4. The topological polar surface area (TPSA) is 81.4 Å². The average Bonchev–Trinajstić information content (AvgIpc) is 2.74. The fraction of sp³-hybridized carbons (Fsp3) is 0.625. The summed E-state index contributed by atoms with van der Waals surface area (Å²) in [5, 5.41) is 3.18. The van der Waals surface area contributed by atoms with Gasteiger partial charge in [-0.15, -0.1) is 11.3 Å². The second kappa shape index (κ2) is 6.28. The summed E-state index contributed by atoms with van der Waals surface area (Å²) in [5.74, 6) is 0.0772. The number of carbonyl (C=O) groups excluding carboxylic acids is 2. The lowest BCUT2D eigenvalue weighted by Gasteiger charge is -2.33. The Hall–Kier alpha value is -1.56. The Morgan fingerprint density at radius 3 is 2.64 bits per heavy atom. The maximum atomic E-state index is 11.8. The van der Waals surface area contributed by atoms with Crippen LogP contribution in [0.1, 0.15) is 54.9 Å². The summed E-state index contributed by atoms with van der Waals surface area (Å²) in [7, 11) is 0. The number of carbonyl (C=O) groups is 2. The van der Waals surface area contributed by atoms with Crippen molar-refractivity contribution in [1.82, 2.24) is 0 Å². The summed E-state index contributed by atoms with van der Waals surface area (Å²) >= 11 is 1.45. The molecule has 0 aromatic carbocycles. The van der Waals surface area contributed by atoms with E-state index in [1.165, 1.54) is 11.3 Å². The number of hydrogen-bond donors (Lipinski definition) is 2. The predicted molar refractivity (Wildman–Crippen MR) is 88.5 cm³/mol. The molecule has 0 bridgehead atoms. The van der Waals surface area contributed by atoms with Gasteiger partial charge in [0, 0.05) is 4.88 Å². The van der Waals surface area contributed by atoms with E-state index in [9.17, 15) is 9.59 Å². The maximum Gasteiger partial charge on any atom is 0.412 e. The molecular formula is C16H24N2O3S. The van der Waals surface area contributed by atoms with Gasteiger partial charge in [-0.2, -0.15) is 0 Å². The molecule has 5 nitrogen and oxygen atoms in total. The average molecular weight is 324 g/mol. The van der Waals surface area contributed by atoms with Crippen LogP contribution in [-0.4, -0.2) is 18.6 Å². The molecule has 1 atom stereocenters. The molecular weight excluding hydrogens is 300 g/mol. The normalized spacial score (nSPS) is 17.7. The van der Waals surface area contributed by atoms with Crippen LogP contribution in [0, 0.1) is 11.3 Å². The van der Waals surface area contributed by atoms with Crippen molar-refractivity contribution in [3.05, 3.63) is 16.0 Å². The molecule has 1 heterocycles. The summed E-state index contributed by atoms with van der Waals surface area (Å²) in [6.07, 6.45) is 2.24. The molecule has 3 N–H and O–H groups in total. The van der Waals surface area contributed by atoms with Gasteiger partial charge < -0.3 is 10.5 Å². The van der Waals surface area contributed by atoms with E-state index in [1.54, 1.807) is 6.92 Å². The second-order valence-electron chi connectivity index (χ2n) is 6.72. The fourth-order valence-corrected chi connectivity index (χ4v) is 4.25. The third kappa shape index (κ3) is 3.43. The first kappa shape index (κ1) is 16.8. The van der Waals surface area contributed by atoms with Crippen LogP contribution < -0.4 is 11.1 Å². The quantitative estimate of drug-likeness (QED) is 0.892. The number of amides is 2. The zero-order valence-electron chi connectivity index (χ0n) is 13.6. The van der Waals surface area contributed by atoms with Crippen molar-refractivity contribution in [1.29, 1.82) is 0 Å². The molecule has 1 aromatic heterocycles. The minimum Gasteiger partial charge on any atom is -0.450 e. The number of hydrogen-bond acceptors (Lipinski definition) is 4. The minimum atomic E-state index is -0.545. The van der Waals surface area contributed by atoms with E-state index in [0.717, 1.165) is 29.7 Å². The molecule has 0 spiro atoms. The Balaban J connectivity index is 2.32. The van der Waals surface area contributed by atoms with Gasteiger partial charge in [0.15, 0.2) is 0 Å². The van der Waals surface area contributed by atoms with Gasteiger partial charge in [-0.3, -0.25) is 10.1 Å². The molecule has 0 fully saturated rings. The Kier molecular flexibility index (Phi) is 4.80. The standard InChI is InChI=1S/C16H24N2O3S/c1-5-21-15(20)18-14-12(13(17)19)10-7-6-9(16(2,3)4)8-11(10)22-14/h9H,5-8H2,1-4H3,(H2,17,19)(H,18,20). The Morgan fingerprint density at radius 2 is 2.09 bits per heavy atom. The molecule has 1 unspecified atom stereocenters. The van der Waals surface area contributed by atoms with E-state index in [-0.39, 0.29) is 12.0 Å². The number of anilines is 1. The van der Waals surface area contributed by atoms with Crippen molar-refractivity contribution in [2.45, 2.75) is 47.0 Å². The van der Waals surface area contributed by atoms with Crippen LogP contribution in [0.25, 0.3) is 0 Å². The lowest BCUT2D eigenvalue weighted by molar-refractivity contribution is 0.1000. The lowest BCUT2D eigenvalue weighted by Crippen LogP contribution is -2.27.